The summed E-state index contributed by atoms with van der Waals surface area (Å²) in [6.45, 7) is 0. The molecule has 1 fully saturated rings. The minimum atomic E-state index is -0.636. The van der Waals surface area contributed by atoms with Crippen molar-refractivity contribution in [3.8, 4) is 17.6 Å². The molecular weight excluding hydrogens is 378 g/mol. The first-order valence-corrected chi connectivity index (χ1v) is 10.1. The monoisotopic (exact) mass is 401 g/mol. The van der Waals surface area contributed by atoms with E-state index in [0.717, 1.165) is 42.0 Å². The molecule has 1 heterocycles. The molecule has 0 spiro atoms. The molecule has 4 rings (SSSR count). The summed E-state index contributed by atoms with van der Waals surface area (Å²) >= 11 is 0. The lowest BCUT2D eigenvalue weighted by Gasteiger charge is -2.17. The van der Waals surface area contributed by atoms with Crippen molar-refractivity contribution in [2.75, 3.05) is 0 Å². The predicted molar refractivity (Wildman–Crippen MR) is 113 cm³/mol. The van der Waals surface area contributed by atoms with E-state index in [1.54, 1.807) is 24.3 Å². The molecule has 1 aliphatic rings. The summed E-state index contributed by atoms with van der Waals surface area (Å²) in [7, 11) is 0. The number of carbonyl (C=O) groups excluding carboxylic acids is 2. The minimum Gasteiger partial charge on any atom is -0.457 e. The van der Waals surface area contributed by atoms with Crippen molar-refractivity contribution < 1.29 is 14.3 Å². The maximum Gasteiger partial charge on any atom is 0.154 e. The van der Waals surface area contributed by atoms with Gasteiger partial charge in [0.25, 0.3) is 0 Å². The van der Waals surface area contributed by atoms with Gasteiger partial charge in [-0.15, -0.1) is 0 Å². The topological polar surface area (TPSA) is 109 Å². The first-order chi connectivity index (χ1) is 14.6. The van der Waals surface area contributed by atoms with Gasteiger partial charge in [0.05, 0.1) is 18.0 Å². The number of nitrogens with one attached hydrogen (secondary N) is 1. The molecule has 1 unspecified atom stereocenters. The van der Waals surface area contributed by atoms with Crippen LogP contribution in [-0.4, -0.2) is 23.1 Å². The van der Waals surface area contributed by atoms with Gasteiger partial charge in [-0.3, -0.25) is 9.59 Å². The average molecular weight is 401 g/mol. The average Bonchev–Trinajstić information content (AvgIpc) is 3.40. The minimum absolute atomic E-state index is 0.0175. The van der Waals surface area contributed by atoms with E-state index in [9.17, 15) is 14.9 Å². The number of fused-ring (bicyclic) bond motifs is 1. The Labute approximate surface area is 174 Å². The molecule has 1 saturated carbocycles. The van der Waals surface area contributed by atoms with E-state index in [2.05, 4.69) is 11.1 Å². The van der Waals surface area contributed by atoms with Crippen LogP contribution in [0.3, 0.4) is 0 Å². The van der Waals surface area contributed by atoms with E-state index >= 15 is 0 Å². The second-order valence-corrected chi connectivity index (χ2v) is 7.80. The van der Waals surface area contributed by atoms with Crippen molar-refractivity contribution >= 4 is 23.0 Å². The fourth-order valence-corrected chi connectivity index (χ4v) is 4.21. The zero-order chi connectivity index (χ0) is 21.1. The zero-order valence-corrected chi connectivity index (χ0v) is 16.5. The lowest BCUT2D eigenvalue weighted by molar-refractivity contribution is -0.124. The Morgan fingerprint density at radius 2 is 2.00 bits per heavy atom. The number of nitrogens with two attached hydrogens (primary N) is 1. The van der Waals surface area contributed by atoms with E-state index in [0.29, 0.717) is 23.5 Å². The lowest BCUT2D eigenvalue weighted by atomic mass is 9.87. The number of Topliss-reactive ketones (excluding diaryl/α,β-unsaturated/α-hetero) is 1. The van der Waals surface area contributed by atoms with E-state index in [1.807, 2.05) is 24.4 Å². The largest absolute Gasteiger partial charge is 0.457 e. The summed E-state index contributed by atoms with van der Waals surface area (Å²) < 4.78 is 5.91. The molecule has 0 aliphatic heterocycles. The maximum atomic E-state index is 12.8. The van der Waals surface area contributed by atoms with E-state index in [-0.39, 0.29) is 17.6 Å². The molecule has 0 amide bonds. The predicted octanol–water partition coefficient (Wildman–Crippen LogP) is 4.15. The number of ketones is 1. The van der Waals surface area contributed by atoms with Crippen LogP contribution in [0.1, 0.15) is 35.2 Å². The van der Waals surface area contributed by atoms with E-state index in [1.165, 1.54) is 0 Å². The molecule has 2 aromatic carbocycles. The molecule has 3 aromatic rings. The van der Waals surface area contributed by atoms with Gasteiger partial charge >= 0.3 is 0 Å². The highest BCUT2D eigenvalue weighted by Crippen LogP contribution is 2.33. The molecule has 3 atom stereocenters. The number of hydrogen-bond acceptors (Lipinski definition) is 5. The summed E-state index contributed by atoms with van der Waals surface area (Å²) in [6.07, 6.45) is 5.50. The van der Waals surface area contributed by atoms with Crippen LogP contribution in [0.2, 0.25) is 0 Å². The Morgan fingerprint density at radius 1 is 1.23 bits per heavy atom. The van der Waals surface area contributed by atoms with E-state index < -0.39 is 6.04 Å². The molecule has 0 radical (unpaired) electrons. The highest BCUT2D eigenvalue weighted by molar-refractivity contribution is 5.89. The number of aromatic amines is 1. The van der Waals surface area contributed by atoms with Crippen molar-refractivity contribution in [1.82, 2.24) is 4.98 Å². The highest BCUT2D eigenvalue weighted by atomic mass is 16.5. The van der Waals surface area contributed by atoms with Gasteiger partial charge in [0.1, 0.15) is 17.8 Å². The number of nitriles is 1. The smallest absolute Gasteiger partial charge is 0.154 e. The number of H-pyrrole nitrogens is 1. The number of benzene rings is 2. The molecule has 0 saturated heterocycles. The van der Waals surface area contributed by atoms with Gasteiger partial charge in [0.2, 0.25) is 0 Å². The van der Waals surface area contributed by atoms with Crippen LogP contribution in [0.15, 0.2) is 48.7 Å². The standard InChI is InChI=1S/C24H23N3O3/c25-12-16-2-1-3-20(16)24(29)22(26)10-17-13-27-23-9-8-19(11-21(17)23)30-18-6-4-15(14-28)5-7-18/h4-9,11,13-14,16,20,22,27H,1-3,10,26H2/t16-,20+,22?/m1/s1. The summed E-state index contributed by atoms with van der Waals surface area (Å²) in [4.78, 5) is 26.8. The van der Waals surface area contributed by atoms with Gasteiger partial charge in [0.15, 0.2) is 5.78 Å². The van der Waals surface area contributed by atoms with Gasteiger partial charge in [-0.05, 0) is 67.3 Å². The fraction of sp³-hybridized carbons (Fsp3) is 0.292. The Morgan fingerprint density at radius 3 is 2.73 bits per heavy atom. The summed E-state index contributed by atoms with van der Waals surface area (Å²) in [5, 5.41) is 10.2. The van der Waals surface area contributed by atoms with Gasteiger partial charge in [-0.1, -0.05) is 6.42 Å². The number of aromatic nitrogens is 1. The van der Waals surface area contributed by atoms with Gasteiger partial charge in [-0.2, -0.15) is 5.26 Å². The summed E-state index contributed by atoms with van der Waals surface area (Å²) in [5.74, 6) is 0.812. The van der Waals surface area contributed by atoms with Crippen LogP contribution in [0.5, 0.6) is 11.5 Å². The summed E-state index contributed by atoms with van der Waals surface area (Å²) in [6, 6.07) is 14.2. The Bertz CT molecular complexity index is 1110. The molecule has 3 N–H and O–H groups in total. The molecule has 6 heteroatoms. The number of carbonyl (C=O) groups is 2. The van der Waals surface area contributed by atoms with Gasteiger partial charge in [0, 0.05) is 28.6 Å². The van der Waals surface area contributed by atoms with Crippen molar-refractivity contribution in [1.29, 1.82) is 5.26 Å². The maximum absolute atomic E-state index is 12.8. The van der Waals surface area contributed by atoms with Crippen molar-refractivity contribution in [3.63, 3.8) is 0 Å². The Hall–Kier alpha value is -3.43. The van der Waals surface area contributed by atoms with Crippen LogP contribution in [0, 0.1) is 23.2 Å². The second kappa shape index (κ2) is 8.52. The lowest BCUT2D eigenvalue weighted by Crippen LogP contribution is -2.38. The third-order valence-electron chi connectivity index (χ3n) is 5.84. The molecule has 30 heavy (non-hydrogen) atoms. The molecule has 0 bridgehead atoms. The van der Waals surface area contributed by atoms with Crippen LogP contribution < -0.4 is 10.5 Å². The van der Waals surface area contributed by atoms with Crippen LogP contribution in [0.4, 0.5) is 0 Å². The molecular formula is C24H23N3O3. The Kier molecular flexibility index (Phi) is 5.64. The number of rotatable bonds is 7. The highest BCUT2D eigenvalue weighted by Gasteiger charge is 2.35. The van der Waals surface area contributed by atoms with Crippen LogP contribution >= 0.6 is 0 Å². The number of nitrogens with zero attached hydrogens (tertiary/aromatic N) is 1. The van der Waals surface area contributed by atoms with Crippen LogP contribution in [-0.2, 0) is 11.2 Å². The molecule has 152 valence electrons. The zero-order valence-electron chi connectivity index (χ0n) is 16.5. The first kappa shape index (κ1) is 19.9. The quantitative estimate of drug-likeness (QED) is 0.578. The van der Waals surface area contributed by atoms with Crippen molar-refractivity contribution in [2.24, 2.45) is 17.6 Å². The third-order valence-corrected chi connectivity index (χ3v) is 5.84. The normalized spacial score (nSPS) is 19.3. The van der Waals surface area contributed by atoms with Crippen LogP contribution in [0.25, 0.3) is 10.9 Å². The van der Waals surface area contributed by atoms with Crippen molar-refractivity contribution in [2.45, 2.75) is 31.7 Å². The molecule has 1 aliphatic carbocycles. The molecule has 1 aromatic heterocycles. The third kappa shape index (κ3) is 3.98. The molecule has 6 nitrogen and oxygen atoms in total. The number of aldehydes is 1. The second-order valence-electron chi connectivity index (χ2n) is 7.80. The fourth-order valence-electron chi connectivity index (χ4n) is 4.21. The van der Waals surface area contributed by atoms with Gasteiger partial charge < -0.3 is 15.5 Å². The van der Waals surface area contributed by atoms with Gasteiger partial charge in [-0.25, -0.2) is 0 Å². The first-order valence-electron chi connectivity index (χ1n) is 10.1. The number of ether oxygens (including phenoxy) is 1. The summed E-state index contributed by atoms with van der Waals surface area (Å²) in [5.41, 5.74) is 8.72. The number of hydrogen-bond donors (Lipinski definition) is 2. The SMILES string of the molecule is N#C[C@H]1CCC[C@@H]1C(=O)C(N)Cc1c[nH]c2ccc(Oc3ccc(C=O)cc3)cc12. The Balaban J connectivity index is 1.51. The van der Waals surface area contributed by atoms with E-state index in [4.69, 9.17) is 10.5 Å². The van der Waals surface area contributed by atoms with Crippen molar-refractivity contribution in [3.05, 3.63) is 59.8 Å².